The molecule has 1 unspecified atom stereocenters. The van der Waals surface area contributed by atoms with Gasteiger partial charge in [0.1, 0.15) is 18.1 Å². The first-order valence-corrected chi connectivity index (χ1v) is 7.04. The van der Waals surface area contributed by atoms with E-state index in [1.54, 1.807) is 38.4 Å². The van der Waals surface area contributed by atoms with Crippen molar-refractivity contribution < 1.29 is 23.0 Å². The summed E-state index contributed by atoms with van der Waals surface area (Å²) in [5, 5.41) is 2.55. The molecule has 0 saturated carbocycles. The number of rotatable bonds is 6. The average molecular weight is 314 g/mol. The van der Waals surface area contributed by atoms with Crippen LogP contribution in [0.15, 0.2) is 24.3 Å². The molecule has 1 fully saturated rings. The first kappa shape index (κ1) is 16.5. The number of hydrogen-bond acceptors (Lipinski definition) is 4. The standard InChI is InChI=1S/C15H20F2N2O3/c1-19(14(20)13-9-15(16,17)10-18-13)7-8-22-12-5-3-11(21-2)4-6-12/h3-6,13,18H,7-10H2,1-2H3. The van der Waals surface area contributed by atoms with Crippen molar-refractivity contribution in [1.29, 1.82) is 0 Å². The number of benzene rings is 1. The summed E-state index contributed by atoms with van der Waals surface area (Å²) in [6, 6.07) is 6.25. The number of ether oxygens (including phenoxy) is 2. The number of hydrogen-bond donors (Lipinski definition) is 1. The van der Waals surface area contributed by atoms with Gasteiger partial charge in [-0.25, -0.2) is 8.78 Å². The molecule has 1 N–H and O–H groups in total. The molecule has 0 aromatic heterocycles. The lowest BCUT2D eigenvalue weighted by Gasteiger charge is -2.21. The molecular weight excluding hydrogens is 294 g/mol. The Morgan fingerprint density at radius 2 is 2.00 bits per heavy atom. The minimum atomic E-state index is -2.80. The molecule has 0 bridgehead atoms. The highest BCUT2D eigenvalue weighted by molar-refractivity contribution is 5.82. The second kappa shape index (κ2) is 6.91. The molecule has 1 saturated heterocycles. The highest BCUT2D eigenvalue weighted by Gasteiger charge is 2.43. The largest absolute Gasteiger partial charge is 0.497 e. The van der Waals surface area contributed by atoms with Crippen LogP contribution in [0.3, 0.4) is 0 Å². The van der Waals surface area contributed by atoms with Crippen LogP contribution in [0.5, 0.6) is 11.5 Å². The zero-order valence-corrected chi connectivity index (χ0v) is 12.6. The van der Waals surface area contributed by atoms with Crippen LogP contribution >= 0.6 is 0 Å². The van der Waals surface area contributed by atoms with Crippen LogP contribution in [0.25, 0.3) is 0 Å². The fourth-order valence-corrected chi connectivity index (χ4v) is 2.24. The van der Waals surface area contributed by atoms with E-state index in [-0.39, 0.29) is 12.5 Å². The minimum absolute atomic E-state index is 0.289. The number of halogens is 2. The summed E-state index contributed by atoms with van der Waals surface area (Å²) in [6.07, 6.45) is -0.449. The van der Waals surface area contributed by atoms with Gasteiger partial charge in [0.05, 0.1) is 26.2 Å². The van der Waals surface area contributed by atoms with Gasteiger partial charge in [-0.1, -0.05) is 0 Å². The third-order valence-corrected chi connectivity index (χ3v) is 3.54. The van der Waals surface area contributed by atoms with E-state index < -0.39 is 24.9 Å². The van der Waals surface area contributed by atoms with Crippen molar-refractivity contribution in [3.63, 3.8) is 0 Å². The van der Waals surface area contributed by atoms with Gasteiger partial charge in [0.25, 0.3) is 5.92 Å². The minimum Gasteiger partial charge on any atom is -0.497 e. The van der Waals surface area contributed by atoms with E-state index in [0.717, 1.165) is 5.75 Å². The van der Waals surface area contributed by atoms with Gasteiger partial charge in [-0.05, 0) is 24.3 Å². The first-order chi connectivity index (χ1) is 10.4. The number of alkyl halides is 2. The van der Waals surface area contributed by atoms with E-state index in [9.17, 15) is 13.6 Å². The van der Waals surface area contributed by atoms with Gasteiger partial charge in [-0.3, -0.25) is 10.1 Å². The molecule has 122 valence electrons. The quantitative estimate of drug-likeness (QED) is 0.865. The van der Waals surface area contributed by atoms with Gasteiger partial charge in [0.15, 0.2) is 0 Å². The Hall–Kier alpha value is -1.89. The molecule has 2 rings (SSSR count). The maximum atomic E-state index is 13.1. The Balaban J connectivity index is 1.75. The molecule has 22 heavy (non-hydrogen) atoms. The van der Waals surface area contributed by atoms with Crippen LogP contribution < -0.4 is 14.8 Å². The molecule has 5 nitrogen and oxygen atoms in total. The predicted molar refractivity (Wildman–Crippen MR) is 77.5 cm³/mol. The van der Waals surface area contributed by atoms with Crippen molar-refractivity contribution in [3.05, 3.63) is 24.3 Å². The molecule has 1 amide bonds. The van der Waals surface area contributed by atoms with E-state index in [4.69, 9.17) is 9.47 Å². The van der Waals surface area contributed by atoms with Crippen LogP contribution in [-0.4, -0.2) is 56.6 Å². The average Bonchev–Trinajstić information content (AvgIpc) is 2.87. The molecule has 1 atom stereocenters. The molecular formula is C15H20F2N2O3. The lowest BCUT2D eigenvalue weighted by Crippen LogP contribution is -2.43. The van der Waals surface area contributed by atoms with Gasteiger partial charge in [0.2, 0.25) is 5.91 Å². The van der Waals surface area contributed by atoms with E-state index in [0.29, 0.717) is 12.3 Å². The maximum absolute atomic E-state index is 13.1. The van der Waals surface area contributed by atoms with Crippen LogP contribution in [0.4, 0.5) is 8.78 Å². The van der Waals surface area contributed by atoms with Gasteiger partial charge >= 0.3 is 0 Å². The highest BCUT2D eigenvalue weighted by Crippen LogP contribution is 2.25. The Morgan fingerprint density at radius 1 is 1.36 bits per heavy atom. The SMILES string of the molecule is COc1ccc(OCCN(C)C(=O)C2CC(F)(F)CN2)cc1. The molecule has 1 heterocycles. The fourth-order valence-electron chi connectivity index (χ4n) is 2.24. The van der Waals surface area contributed by atoms with Crippen molar-refractivity contribution >= 4 is 5.91 Å². The van der Waals surface area contributed by atoms with E-state index in [1.807, 2.05) is 0 Å². The van der Waals surface area contributed by atoms with E-state index in [2.05, 4.69) is 5.32 Å². The van der Waals surface area contributed by atoms with Crippen LogP contribution in [0.2, 0.25) is 0 Å². The Bertz CT molecular complexity index is 508. The van der Waals surface area contributed by atoms with Crippen molar-refractivity contribution in [3.8, 4) is 11.5 Å². The molecule has 0 aliphatic carbocycles. The van der Waals surface area contributed by atoms with Crippen LogP contribution in [-0.2, 0) is 4.79 Å². The predicted octanol–water partition coefficient (Wildman–Crippen LogP) is 1.53. The van der Waals surface area contributed by atoms with Crippen molar-refractivity contribution in [2.24, 2.45) is 0 Å². The molecule has 1 aliphatic heterocycles. The summed E-state index contributed by atoms with van der Waals surface area (Å²) in [5.41, 5.74) is 0. The Labute approximate surface area is 128 Å². The number of methoxy groups -OCH3 is 1. The van der Waals surface area contributed by atoms with E-state index >= 15 is 0 Å². The van der Waals surface area contributed by atoms with Crippen molar-refractivity contribution in [2.45, 2.75) is 18.4 Å². The number of likely N-dealkylation sites (N-methyl/N-ethyl adjacent to an activating group) is 1. The number of carbonyl (C=O) groups excluding carboxylic acids is 1. The third kappa shape index (κ3) is 4.30. The van der Waals surface area contributed by atoms with Crippen LogP contribution in [0.1, 0.15) is 6.42 Å². The summed E-state index contributed by atoms with van der Waals surface area (Å²) in [4.78, 5) is 13.4. The Morgan fingerprint density at radius 3 is 2.55 bits per heavy atom. The zero-order chi connectivity index (χ0) is 16.2. The summed E-state index contributed by atoms with van der Waals surface area (Å²) < 4.78 is 36.7. The maximum Gasteiger partial charge on any atom is 0.262 e. The lowest BCUT2D eigenvalue weighted by atomic mass is 10.2. The first-order valence-electron chi connectivity index (χ1n) is 7.04. The van der Waals surface area contributed by atoms with Gasteiger partial charge < -0.3 is 14.4 Å². The molecule has 0 spiro atoms. The summed E-state index contributed by atoms with van der Waals surface area (Å²) in [5.74, 6) is -1.75. The number of nitrogens with zero attached hydrogens (tertiary/aromatic N) is 1. The molecule has 7 heteroatoms. The van der Waals surface area contributed by atoms with E-state index in [1.165, 1.54) is 4.90 Å². The topological polar surface area (TPSA) is 50.8 Å². The molecule has 1 aliphatic rings. The molecule has 0 radical (unpaired) electrons. The fraction of sp³-hybridized carbons (Fsp3) is 0.533. The lowest BCUT2D eigenvalue weighted by molar-refractivity contribution is -0.132. The van der Waals surface area contributed by atoms with Gasteiger partial charge in [-0.2, -0.15) is 0 Å². The van der Waals surface area contributed by atoms with Crippen molar-refractivity contribution in [2.75, 3.05) is 33.9 Å². The summed E-state index contributed by atoms with van der Waals surface area (Å²) in [6.45, 7) is 0.173. The second-order valence-corrected chi connectivity index (χ2v) is 5.28. The molecule has 1 aromatic carbocycles. The third-order valence-electron chi connectivity index (χ3n) is 3.54. The molecule has 1 aromatic rings. The van der Waals surface area contributed by atoms with Crippen molar-refractivity contribution in [1.82, 2.24) is 10.2 Å². The van der Waals surface area contributed by atoms with Crippen LogP contribution in [0, 0.1) is 0 Å². The number of carbonyl (C=O) groups is 1. The number of nitrogens with one attached hydrogen (secondary N) is 1. The second-order valence-electron chi connectivity index (χ2n) is 5.28. The smallest absolute Gasteiger partial charge is 0.262 e. The summed E-state index contributed by atoms with van der Waals surface area (Å²) >= 11 is 0. The zero-order valence-electron chi connectivity index (χ0n) is 12.6. The Kier molecular flexibility index (Phi) is 5.18. The van der Waals surface area contributed by atoms with Gasteiger partial charge in [0, 0.05) is 13.5 Å². The highest BCUT2D eigenvalue weighted by atomic mass is 19.3. The number of amides is 1. The normalized spacial score (nSPS) is 19.7. The van der Waals surface area contributed by atoms with Gasteiger partial charge in [-0.15, -0.1) is 0 Å². The summed E-state index contributed by atoms with van der Waals surface area (Å²) in [7, 11) is 3.16. The monoisotopic (exact) mass is 314 g/mol.